The number of rotatable bonds is 2. The van der Waals surface area contributed by atoms with Crippen LogP contribution in [0.3, 0.4) is 0 Å². The Morgan fingerprint density at radius 1 is 1.47 bits per heavy atom. The van der Waals surface area contributed by atoms with Crippen LogP contribution in [0.1, 0.15) is 19.4 Å². The second-order valence-electron chi connectivity index (χ2n) is 3.79. The number of thiocarbonyl (C=S) groups is 1. The first-order valence-corrected chi connectivity index (χ1v) is 5.55. The molecule has 0 aliphatic rings. The second-order valence-corrected chi connectivity index (χ2v) is 4.20. The van der Waals surface area contributed by atoms with Crippen LogP contribution in [0.25, 0.3) is 0 Å². The lowest BCUT2D eigenvalue weighted by Gasteiger charge is -2.11. The molecule has 5 heteroatoms. The maximum Gasteiger partial charge on any atom is 0.228 e. The van der Waals surface area contributed by atoms with Crippen LogP contribution in [-0.2, 0) is 4.79 Å². The van der Waals surface area contributed by atoms with Crippen molar-refractivity contribution in [3.05, 3.63) is 29.8 Å². The van der Waals surface area contributed by atoms with E-state index in [1.165, 1.54) is 0 Å². The summed E-state index contributed by atoms with van der Waals surface area (Å²) >= 11 is 4.99. The number of nitriles is 1. The standard InChI is InChI=1S/C12H13N3OS/c1-8(2)11(16)15-12(17)14-10-5-3-4-9(6-10)7-13/h3-6,8H,1-2H3,(H2,14,15,16,17). The minimum absolute atomic E-state index is 0.125. The van der Waals surface area contributed by atoms with Crippen molar-refractivity contribution >= 4 is 28.9 Å². The molecule has 1 rings (SSSR count). The number of carbonyl (C=O) groups is 1. The van der Waals surface area contributed by atoms with Crippen molar-refractivity contribution in [3.63, 3.8) is 0 Å². The molecule has 0 aliphatic carbocycles. The van der Waals surface area contributed by atoms with Gasteiger partial charge in [0.1, 0.15) is 0 Å². The van der Waals surface area contributed by atoms with E-state index in [9.17, 15) is 4.79 Å². The maximum absolute atomic E-state index is 11.4. The van der Waals surface area contributed by atoms with Gasteiger partial charge in [-0.05, 0) is 30.4 Å². The molecule has 4 nitrogen and oxygen atoms in total. The lowest BCUT2D eigenvalue weighted by Crippen LogP contribution is -2.36. The van der Waals surface area contributed by atoms with E-state index >= 15 is 0 Å². The van der Waals surface area contributed by atoms with Gasteiger partial charge in [0.15, 0.2) is 5.11 Å². The van der Waals surface area contributed by atoms with Crippen molar-refractivity contribution < 1.29 is 4.79 Å². The highest BCUT2D eigenvalue weighted by Crippen LogP contribution is 2.09. The Balaban J connectivity index is 2.63. The molecule has 0 radical (unpaired) electrons. The maximum atomic E-state index is 11.4. The number of hydrogen-bond donors (Lipinski definition) is 2. The summed E-state index contributed by atoms with van der Waals surface area (Å²) in [4.78, 5) is 11.4. The zero-order valence-corrected chi connectivity index (χ0v) is 10.5. The molecular formula is C12H13N3OS. The number of anilines is 1. The third kappa shape index (κ3) is 4.21. The van der Waals surface area contributed by atoms with E-state index in [4.69, 9.17) is 17.5 Å². The quantitative estimate of drug-likeness (QED) is 0.785. The van der Waals surface area contributed by atoms with Crippen LogP contribution in [0.5, 0.6) is 0 Å². The Morgan fingerprint density at radius 3 is 2.76 bits per heavy atom. The SMILES string of the molecule is CC(C)C(=O)NC(=S)Nc1cccc(C#N)c1. The summed E-state index contributed by atoms with van der Waals surface area (Å²) in [5.41, 5.74) is 1.21. The van der Waals surface area contributed by atoms with E-state index in [0.29, 0.717) is 11.3 Å². The van der Waals surface area contributed by atoms with Crippen LogP contribution in [0.15, 0.2) is 24.3 Å². The minimum atomic E-state index is -0.140. The van der Waals surface area contributed by atoms with E-state index < -0.39 is 0 Å². The molecule has 0 aliphatic heterocycles. The Bertz CT molecular complexity index is 477. The highest BCUT2D eigenvalue weighted by atomic mass is 32.1. The van der Waals surface area contributed by atoms with Gasteiger partial charge in [0.25, 0.3) is 0 Å². The predicted molar refractivity (Wildman–Crippen MR) is 70.4 cm³/mol. The normalized spacial score (nSPS) is 9.53. The van der Waals surface area contributed by atoms with Crippen molar-refractivity contribution in [1.29, 1.82) is 5.26 Å². The van der Waals surface area contributed by atoms with Gasteiger partial charge in [-0.15, -0.1) is 0 Å². The molecule has 17 heavy (non-hydrogen) atoms. The third-order valence-electron chi connectivity index (χ3n) is 2.01. The van der Waals surface area contributed by atoms with Crippen molar-refractivity contribution in [2.45, 2.75) is 13.8 Å². The lowest BCUT2D eigenvalue weighted by atomic mass is 10.2. The van der Waals surface area contributed by atoms with E-state index in [1.807, 2.05) is 6.07 Å². The summed E-state index contributed by atoms with van der Waals surface area (Å²) in [5.74, 6) is -0.265. The fraction of sp³-hybridized carbons (Fsp3) is 0.250. The van der Waals surface area contributed by atoms with Crippen LogP contribution in [-0.4, -0.2) is 11.0 Å². The highest BCUT2D eigenvalue weighted by molar-refractivity contribution is 7.80. The Morgan fingerprint density at radius 2 is 2.18 bits per heavy atom. The van der Waals surface area contributed by atoms with Gasteiger partial charge in [-0.2, -0.15) is 5.26 Å². The molecule has 2 N–H and O–H groups in total. The number of nitrogens with one attached hydrogen (secondary N) is 2. The average molecular weight is 247 g/mol. The zero-order valence-electron chi connectivity index (χ0n) is 9.65. The Kier molecular flexibility index (Phi) is 4.61. The molecule has 0 fully saturated rings. The Hall–Kier alpha value is -1.93. The molecule has 0 saturated carbocycles. The number of nitrogens with zero attached hydrogens (tertiary/aromatic N) is 1. The lowest BCUT2D eigenvalue weighted by molar-refractivity contribution is -0.122. The van der Waals surface area contributed by atoms with Gasteiger partial charge >= 0.3 is 0 Å². The molecule has 88 valence electrons. The van der Waals surface area contributed by atoms with Crippen LogP contribution in [0.4, 0.5) is 5.69 Å². The highest BCUT2D eigenvalue weighted by Gasteiger charge is 2.08. The second kappa shape index (κ2) is 5.97. The van der Waals surface area contributed by atoms with Crippen molar-refractivity contribution in [1.82, 2.24) is 5.32 Å². The molecule has 0 atom stereocenters. The molecule has 1 amide bonds. The first-order chi connectivity index (χ1) is 8.02. The van der Waals surface area contributed by atoms with Gasteiger partial charge in [0, 0.05) is 11.6 Å². The summed E-state index contributed by atoms with van der Waals surface area (Å²) < 4.78 is 0. The van der Waals surface area contributed by atoms with Gasteiger partial charge in [0.2, 0.25) is 5.91 Å². The minimum Gasteiger partial charge on any atom is -0.332 e. The molecule has 0 spiro atoms. The van der Waals surface area contributed by atoms with Gasteiger partial charge in [0.05, 0.1) is 11.6 Å². The molecule has 1 aromatic carbocycles. The fourth-order valence-corrected chi connectivity index (χ4v) is 1.30. The van der Waals surface area contributed by atoms with Crippen molar-refractivity contribution in [3.8, 4) is 6.07 Å². The summed E-state index contributed by atoms with van der Waals surface area (Å²) in [6, 6.07) is 8.90. The predicted octanol–water partition coefficient (Wildman–Crippen LogP) is 2.03. The molecule has 0 saturated heterocycles. The summed E-state index contributed by atoms with van der Waals surface area (Å²) in [6.07, 6.45) is 0. The fourth-order valence-electron chi connectivity index (χ4n) is 1.09. The number of benzene rings is 1. The molecule has 0 unspecified atom stereocenters. The van der Waals surface area contributed by atoms with E-state index in [-0.39, 0.29) is 16.9 Å². The topological polar surface area (TPSA) is 64.9 Å². The van der Waals surface area contributed by atoms with E-state index in [2.05, 4.69) is 10.6 Å². The molecular weight excluding hydrogens is 234 g/mol. The smallest absolute Gasteiger partial charge is 0.228 e. The van der Waals surface area contributed by atoms with Crippen molar-refractivity contribution in [2.75, 3.05) is 5.32 Å². The molecule has 0 bridgehead atoms. The number of hydrogen-bond acceptors (Lipinski definition) is 3. The van der Waals surface area contributed by atoms with Gasteiger partial charge in [-0.1, -0.05) is 19.9 Å². The summed E-state index contributed by atoms with van der Waals surface area (Å²) in [7, 11) is 0. The van der Waals surface area contributed by atoms with Gasteiger partial charge < -0.3 is 10.6 Å². The zero-order chi connectivity index (χ0) is 12.8. The first-order valence-electron chi connectivity index (χ1n) is 5.15. The molecule has 0 aromatic heterocycles. The molecule has 1 aromatic rings. The van der Waals surface area contributed by atoms with Crippen LogP contribution >= 0.6 is 12.2 Å². The van der Waals surface area contributed by atoms with Crippen LogP contribution in [0, 0.1) is 17.2 Å². The van der Waals surface area contributed by atoms with Gasteiger partial charge in [-0.3, -0.25) is 4.79 Å². The third-order valence-corrected chi connectivity index (χ3v) is 2.21. The van der Waals surface area contributed by atoms with Crippen LogP contribution < -0.4 is 10.6 Å². The molecule has 0 heterocycles. The monoisotopic (exact) mass is 247 g/mol. The summed E-state index contributed by atoms with van der Waals surface area (Å²) in [6.45, 7) is 3.57. The van der Waals surface area contributed by atoms with E-state index in [1.54, 1.807) is 38.1 Å². The first kappa shape index (κ1) is 13.1. The van der Waals surface area contributed by atoms with Gasteiger partial charge in [-0.25, -0.2) is 0 Å². The average Bonchev–Trinajstić information content (AvgIpc) is 2.28. The van der Waals surface area contributed by atoms with Crippen LogP contribution in [0.2, 0.25) is 0 Å². The Labute approximate surface area is 106 Å². The van der Waals surface area contributed by atoms with E-state index in [0.717, 1.165) is 0 Å². The summed E-state index contributed by atoms with van der Waals surface area (Å²) in [5, 5.41) is 14.4. The number of carbonyl (C=O) groups excluding carboxylic acids is 1. The largest absolute Gasteiger partial charge is 0.332 e. The van der Waals surface area contributed by atoms with Crippen molar-refractivity contribution in [2.24, 2.45) is 5.92 Å². The number of amides is 1.